The number of likely N-dealkylation sites (tertiary alicyclic amines) is 1. The number of imide groups is 1. The minimum Gasteiger partial charge on any atom is -0.445 e. The Morgan fingerprint density at radius 2 is 1.40 bits per heavy atom. The van der Waals surface area contributed by atoms with Crippen molar-refractivity contribution in [3.8, 4) is 0 Å². The average molecular weight is 1370 g/mol. The van der Waals surface area contributed by atoms with E-state index in [-0.39, 0.29) is 92.8 Å². The lowest BCUT2D eigenvalue weighted by molar-refractivity contribution is -0.148. The van der Waals surface area contributed by atoms with Crippen LogP contribution in [0.5, 0.6) is 0 Å². The first-order chi connectivity index (χ1) is 46.1. The number of rotatable bonds is 39. The number of ether oxygens (including phenoxy) is 3. The van der Waals surface area contributed by atoms with E-state index in [9.17, 15) is 52.7 Å². The van der Waals surface area contributed by atoms with Crippen LogP contribution in [0.4, 0.5) is 15.3 Å². The normalized spacial score (nSPS) is 16.9. The molecule has 8 N–H and O–H groups in total. The van der Waals surface area contributed by atoms with Gasteiger partial charge in [0.2, 0.25) is 41.4 Å². The van der Waals surface area contributed by atoms with E-state index >= 15 is 0 Å². The van der Waals surface area contributed by atoms with E-state index in [0.717, 1.165) is 15.5 Å². The molecule has 2 aliphatic heterocycles. The van der Waals surface area contributed by atoms with E-state index < -0.39 is 102 Å². The zero-order valence-electron chi connectivity index (χ0n) is 58.6. The monoisotopic (exact) mass is 1370 g/mol. The Morgan fingerprint density at radius 1 is 0.732 bits per heavy atom. The van der Waals surface area contributed by atoms with Crippen molar-refractivity contribution in [1.29, 1.82) is 0 Å². The van der Waals surface area contributed by atoms with E-state index in [1.165, 1.54) is 42.5 Å². The van der Waals surface area contributed by atoms with Crippen molar-refractivity contribution in [2.45, 2.75) is 194 Å². The maximum Gasteiger partial charge on any atom is 0.410 e. The molecule has 5 rings (SSSR count). The van der Waals surface area contributed by atoms with Crippen molar-refractivity contribution in [3.63, 3.8) is 0 Å². The summed E-state index contributed by atoms with van der Waals surface area (Å²) in [5.41, 5.74) is 7.17. The van der Waals surface area contributed by atoms with Crippen LogP contribution >= 0.6 is 11.3 Å². The van der Waals surface area contributed by atoms with Crippen LogP contribution in [0.25, 0.3) is 0 Å². The summed E-state index contributed by atoms with van der Waals surface area (Å²) < 4.78 is 17.9. The first kappa shape index (κ1) is 79.4. The number of urea groups is 1. The van der Waals surface area contributed by atoms with Gasteiger partial charge in [-0.1, -0.05) is 118 Å². The minimum atomic E-state index is -1.11. The zero-order valence-corrected chi connectivity index (χ0v) is 59.4. The van der Waals surface area contributed by atoms with Gasteiger partial charge >= 0.3 is 12.1 Å². The lowest BCUT2D eigenvalue weighted by Gasteiger charge is -2.41. The molecule has 0 radical (unpaired) electrons. The molecule has 3 aromatic rings. The van der Waals surface area contributed by atoms with Crippen molar-refractivity contribution in [3.05, 3.63) is 94.5 Å². The molecule has 1 saturated heterocycles. The van der Waals surface area contributed by atoms with Crippen molar-refractivity contribution < 1.29 is 67.0 Å². The van der Waals surface area contributed by atoms with Gasteiger partial charge in [-0.15, -0.1) is 11.3 Å². The third kappa shape index (κ3) is 23.5. The van der Waals surface area contributed by atoms with Gasteiger partial charge in [0.25, 0.3) is 11.8 Å². The van der Waals surface area contributed by atoms with Gasteiger partial charge in [-0.2, -0.15) is 0 Å². The van der Waals surface area contributed by atoms with Gasteiger partial charge in [0, 0.05) is 83.8 Å². The molecule has 0 spiro atoms. The Bertz CT molecular complexity index is 3120. The number of carbonyl (C=O) groups excluding carboxylic acids is 11. The number of unbranched alkanes of at least 4 members (excludes halogenated alkanes) is 2. The molecule has 1 unspecified atom stereocenters. The number of thiazole rings is 1. The van der Waals surface area contributed by atoms with Gasteiger partial charge in [-0.3, -0.25) is 53.0 Å². The fourth-order valence-corrected chi connectivity index (χ4v) is 13.1. The van der Waals surface area contributed by atoms with Crippen LogP contribution < -0.4 is 37.6 Å². The molecule has 27 heteroatoms. The zero-order chi connectivity index (χ0) is 71.6. The van der Waals surface area contributed by atoms with Crippen molar-refractivity contribution in [2.24, 2.45) is 35.3 Å². The molecule has 97 heavy (non-hydrogen) atoms. The van der Waals surface area contributed by atoms with Gasteiger partial charge in [0.05, 0.1) is 42.7 Å². The van der Waals surface area contributed by atoms with Gasteiger partial charge in [-0.25, -0.2) is 14.6 Å². The quantitative estimate of drug-likeness (QED) is 0.0240. The summed E-state index contributed by atoms with van der Waals surface area (Å²) >= 11 is 1.47. The number of benzene rings is 2. The van der Waals surface area contributed by atoms with Crippen LogP contribution in [-0.2, 0) is 70.4 Å². The molecule has 1 fully saturated rings. The summed E-state index contributed by atoms with van der Waals surface area (Å²) in [6, 6.07) is 9.87. The fraction of sp³-hybridized carbons (Fsp3) is 0.600. The largest absolute Gasteiger partial charge is 0.445 e. The molecule has 1 aromatic heterocycles. The number of nitrogens with one attached hydrogen (secondary N) is 6. The third-order valence-electron chi connectivity index (χ3n) is 18.1. The molecule has 2 aromatic carbocycles. The van der Waals surface area contributed by atoms with Gasteiger partial charge in [0.15, 0.2) is 0 Å². The first-order valence-corrected chi connectivity index (χ1v) is 34.6. The van der Waals surface area contributed by atoms with E-state index in [1.807, 2.05) is 70.3 Å². The lowest BCUT2D eigenvalue weighted by Crippen LogP contribution is -2.60. The second-order valence-corrected chi connectivity index (χ2v) is 27.2. The number of hydrogen-bond donors (Lipinski definition) is 7. The number of anilines is 1. The van der Waals surface area contributed by atoms with Crippen LogP contribution in [0.15, 0.2) is 78.3 Å². The Morgan fingerprint density at radius 3 is 1.99 bits per heavy atom. The van der Waals surface area contributed by atoms with Crippen LogP contribution in [0.3, 0.4) is 0 Å². The van der Waals surface area contributed by atoms with Crippen LogP contribution in [0.1, 0.15) is 149 Å². The minimum absolute atomic E-state index is 0.0756. The summed E-state index contributed by atoms with van der Waals surface area (Å²) in [5.74, 6) is -5.80. The average Bonchev–Trinajstić information content (AvgIpc) is 1.80. The molecule has 12 amide bonds. The molecule has 2 aliphatic rings. The first-order valence-electron chi connectivity index (χ1n) is 33.7. The van der Waals surface area contributed by atoms with E-state index in [0.29, 0.717) is 62.7 Å². The standard InChI is InChI=1S/C70H104N12O14S/c1-14-45(8)61(53(94-12)40-57(86)81-37-22-26-52(81)62(95-13)46(9)63(87)76-51(67-72-35-38-97-67)39-47-23-17-15-18-24-47)79(10)68(91)59(43(4)5)78-66(90)60(44(6)7)80(11)70(93)96-41-48-28-30-49(31-29-48)74-64(88)50(25-21-34-73-69(71)92)75-65(89)58(42(2)3)77-54(83)27-19-16-20-36-82-55(84)32-33-56(82)85/h15,17-18,23-24,28-33,35,38,42-46,50-53,58-62H,14,16,19-22,25-27,34,36-37,39-41H2,1-13H3,(H,74,88)(H,75,89)(H,76,87)(H,77,83)(H,78,90)(H3,71,73,92)/t45-,46?,50-,51-,52-,53+,58-,59-,60-,61-,62+/m0/s1. The number of carbonyl (C=O) groups is 11. The Hall–Kier alpha value is -8.30. The van der Waals surface area contributed by atoms with Crippen molar-refractivity contribution in [1.82, 2.24) is 51.2 Å². The highest BCUT2D eigenvalue weighted by Crippen LogP contribution is 2.31. The molecule has 11 atom stereocenters. The highest BCUT2D eigenvalue weighted by molar-refractivity contribution is 7.09. The summed E-state index contributed by atoms with van der Waals surface area (Å²) in [6.45, 7) is 17.0. The fourth-order valence-electron chi connectivity index (χ4n) is 12.4. The summed E-state index contributed by atoms with van der Waals surface area (Å²) in [7, 11) is 6.16. The second-order valence-electron chi connectivity index (χ2n) is 26.2. The number of amides is 12. The van der Waals surface area contributed by atoms with Gasteiger partial charge < -0.3 is 61.6 Å². The Labute approximate surface area is 575 Å². The molecule has 0 bridgehead atoms. The highest BCUT2D eigenvalue weighted by atomic mass is 32.1. The molecular formula is C70H104N12O14S. The molecule has 26 nitrogen and oxygen atoms in total. The van der Waals surface area contributed by atoms with Crippen molar-refractivity contribution in [2.75, 3.05) is 53.3 Å². The van der Waals surface area contributed by atoms with Crippen LogP contribution in [-0.4, -0.2) is 186 Å². The smallest absolute Gasteiger partial charge is 0.410 e. The number of aromatic nitrogens is 1. The SMILES string of the molecule is CC[C@H](C)[C@@H]([C@@H](CC(=O)N1CCC[C@H]1[C@H](OC)C(C)C(=O)N[C@@H](Cc1ccccc1)c1nccs1)OC)N(C)C(=O)[C@@H](NC(=O)[C@H](C(C)C)N(C)C(=O)OCc1ccc(NC(=O)[C@H](CCCNC(N)=O)NC(=O)[C@@H](NC(=O)CCCCCN2C(=O)C=CC2=O)C(C)C)cc1)C(C)C. The predicted octanol–water partition coefficient (Wildman–Crippen LogP) is 6.40. The van der Waals surface area contributed by atoms with E-state index in [2.05, 4.69) is 36.9 Å². The second kappa shape index (κ2) is 39.2. The maximum atomic E-state index is 14.9. The highest BCUT2D eigenvalue weighted by Gasteiger charge is 2.44. The number of nitrogens with zero attached hydrogens (tertiary/aromatic N) is 5. The number of likely N-dealkylation sites (N-methyl/N-ethyl adjacent to an activating group) is 2. The Balaban J connectivity index is 1.18. The number of nitrogens with two attached hydrogens (primary N) is 1. The van der Waals surface area contributed by atoms with Gasteiger partial charge in [0.1, 0.15) is 35.8 Å². The summed E-state index contributed by atoms with van der Waals surface area (Å²) in [4.78, 5) is 158. The topological polar surface area (TPSA) is 340 Å². The van der Waals surface area contributed by atoms with Crippen molar-refractivity contribution >= 4 is 82.3 Å². The molecular weight excluding hydrogens is 1260 g/mol. The third-order valence-corrected chi connectivity index (χ3v) is 19.0. The van der Waals surface area contributed by atoms with E-state index in [1.54, 1.807) is 82.1 Å². The molecule has 3 heterocycles. The molecule has 534 valence electrons. The van der Waals surface area contributed by atoms with E-state index in [4.69, 9.17) is 19.9 Å². The predicted molar refractivity (Wildman–Crippen MR) is 368 cm³/mol. The maximum absolute atomic E-state index is 14.9. The van der Waals surface area contributed by atoms with Crippen LogP contribution in [0.2, 0.25) is 0 Å². The summed E-state index contributed by atoms with van der Waals surface area (Å²) in [6.07, 6.45) is 6.28. The van der Waals surface area contributed by atoms with Crippen LogP contribution in [0, 0.1) is 29.6 Å². The van der Waals surface area contributed by atoms with Gasteiger partial charge in [-0.05, 0) is 91.9 Å². The molecule has 0 aliphatic carbocycles. The number of hydrogen-bond acceptors (Lipinski definition) is 16. The lowest BCUT2D eigenvalue weighted by atomic mass is 9.89. The summed E-state index contributed by atoms with van der Waals surface area (Å²) in [5, 5.41) is 19.6. The number of primary amides is 1. The number of methoxy groups -OCH3 is 2. The Kier molecular flexibility index (Phi) is 32.1. The molecule has 0 saturated carbocycles.